The van der Waals surface area contributed by atoms with Gasteiger partial charge in [-0.15, -0.1) is 0 Å². The Hall–Kier alpha value is -0.705. The minimum Gasteiger partial charge on any atom is -0.469 e. The minimum atomic E-state index is -1.67. The molecule has 0 saturated carbocycles. The molecule has 1 aromatic rings. The summed E-state index contributed by atoms with van der Waals surface area (Å²) in [7, 11) is -0.305. The SMILES string of the molecule is COC(=O)C1CCN(C(=O)c2cc(B(O)O)n(PI)n2)CC1. The van der Waals surface area contributed by atoms with E-state index in [1.807, 2.05) is 22.0 Å². The van der Waals surface area contributed by atoms with E-state index in [1.165, 1.54) is 17.6 Å². The largest absolute Gasteiger partial charge is 0.508 e. The van der Waals surface area contributed by atoms with Gasteiger partial charge in [0.05, 0.1) is 25.0 Å². The number of aromatic nitrogens is 2. The topological polar surface area (TPSA) is 105 Å². The monoisotopic (exact) mass is 439 g/mol. The summed E-state index contributed by atoms with van der Waals surface area (Å²) in [6.45, 7) is 0.907. The zero-order valence-electron chi connectivity index (χ0n) is 11.9. The number of methoxy groups -OCH3 is 1. The lowest BCUT2D eigenvalue weighted by Crippen LogP contribution is -2.40. The van der Waals surface area contributed by atoms with Crippen LogP contribution in [-0.2, 0) is 9.53 Å². The highest BCUT2D eigenvalue weighted by Crippen LogP contribution is 2.23. The number of carbonyl (C=O) groups is 2. The minimum absolute atomic E-state index is 0.160. The number of carbonyl (C=O) groups excluding carboxylic acids is 2. The van der Waals surface area contributed by atoms with Gasteiger partial charge in [-0.25, -0.2) is 4.45 Å². The fraction of sp³-hybridized carbons (Fsp3) is 0.545. The average molecular weight is 439 g/mol. The van der Waals surface area contributed by atoms with Gasteiger partial charge in [0.1, 0.15) is 5.69 Å². The fourth-order valence-electron chi connectivity index (χ4n) is 2.40. The second-order valence-corrected chi connectivity index (χ2v) is 6.95. The number of esters is 1. The molecule has 1 fully saturated rings. The van der Waals surface area contributed by atoms with Crippen LogP contribution in [0.15, 0.2) is 6.07 Å². The van der Waals surface area contributed by atoms with E-state index in [4.69, 9.17) is 4.74 Å². The van der Waals surface area contributed by atoms with Gasteiger partial charge in [-0.05, 0) is 40.9 Å². The Morgan fingerprint density at radius 2 is 2.09 bits per heavy atom. The van der Waals surface area contributed by atoms with Crippen molar-refractivity contribution in [3.63, 3.8) is 0 Å². The predicted octanol–water partition coefficient (Wildman–Crippen LogP) is -0.620. The number of amides is 1. The molecule has 1 aromatic heterocycles. The molecule has 120 valence electrons. The highest BCUT2D eigenvalue weighted by atomic mass is 127. The van der Waals surface area contributed by atoms with E-state index in [1.54, 1.807) is 4.90 Å². The van der Waals surface area contributed by atoms with Crippen molar-refractivity contribution in [2.45, 2.75) is 12.8 Å². The summed E-state index contributed by atoms with van der Waals surface area (Å²) in [6.07, 6.45) is 1.28. The van der Waals surface area contributed by atoms with Gasteiger partial charge in [0.2, 0.25) is 0 Å². The lowest BCUT2D eigenvalue weighted by molar-refractivity contribution is -0.146. The Labute approximate surface area is 142 Å². The van der Waals surface area contributed by atoms with Crippen molar-refractivity contribution in [3.05, 3.63) is 11.8 Å². The molecule has 0 spiro atoms. The Morgan fingerprint density at radius 3 is 2.55 bits per heavy atom. The number of piperidine rings is 1. The van der Waals surface area contributed by atoms with Crippen LogP contribution in [0, 0.1) is 5.92 Å². The van der Waals surface area contributed by atoms with Crippen LogP contribution in [0.3, 0.4) is 0 Å². The standard InChI is InChI=1S/C11H16BIN3O5P/c1-21-11(18)7-2-4-15(5-3-7)10(17)8-6-9(12(19)20)16(14-8)22-13/h6-7,19-20,22H,2-5H2,1H3. The van der Waals surface area contributed by atoms with Crippen LogP contribution in [0.1, 0.15) is 23.3 Å². The third-order valence-corrected chi connectivity index (χ3v) is 5.51. The van der Waals surface area contributed by atoms with Crippen LogP contribution in [0.25, 0.3) is 0 Å². The summed E-state index contributed by atoms with van der Waals surface area (Å²) in [5.41, 5.74) is 0.379. The molecule has 1 atom stereocenters. The molecule has 0 aliphatic carbocycles. The van der Waals surface area contributed by atoms with Crippen molar-refractivity contribution < 1.29 is 24.4 Å². The molecule has 11 heteroatoms. The second-order valence-electron chi connectivity index (χ2n) is 4.91. The van der Waals surface area contributed by atoms with Crippen LogP contribution < -0.4 is 5.59 Å². The predicted molar refractivity (Wildman–Crippen MR) is 90.4 cm³/mol. The average Bonchev–Trinajstić information content (AvgIpc) is 2.98. The quantitative estimate of drug-likeness (QED) is 0.281. The molecule has 0 aromatic carbocycles. The van der Waals surface area contributed by atoms with Crippen LogP contribution in [0.4, 0.5) is 0 Å². The van der Waals surface area contributed by atoms with Crippen molar-refractivity contribution in [2.24, 2.45) is 5.92 Å². The molecular weight excluding hydrogens is 423 g/mol. The molecular formula is C11H16BIN3O5P. The molecule has 1 saturated heterocycles. The third-order valence-electron chi connectivity index (χ3n) is 3.62. The molecule has 2 rings (SSSR count). The molecule has 22 heavy (non-hydrogen) atoms. The van der Waals surface area contributed by atoms with Gasteiger partial charge in [0, 0.05) is 13.1 Å². The Morgan fingerprint density at radius 1 is 1.45 bits per heavy atom. The van der Waals surface area contributed by atoms with Crippen molar-refractivity contribution in [3.8, 4) is 0 Å². The summed E-state index contributed by atoms with van der Waals surface area (Å²) in [5, 5.41) is 22.7. The van der Waals surface area contributed by atoms with Crippen LogP contribution in [0.5, 0.6) is 0 Å². The zero-order chi connectivity index (χ0) is 16.3. The van der Waals surface area contributed by atoms with E-state index in [0.717, 1.165) is 0 Å². The van der Waals surface area contributed by atoms with Crippen LogP contribution >= 0.6 is 28.4 Å². The normalized spacial score (nSPS) is 16.3. The number of rotatable bonds is 4. The fourth-order valence-corrected chi connectivity index (χ4v) is 3.98. The first-order valence-electron chi connectivity index (χ1n) is 6.67. The number of hydrogen-bond donors (Lipinski definition) is 2. The maximum atomic E-state index is 12.4. The van der Waals surface area contributed by atoms with E-state index in [-0.39, 0.29) is 35.5 Å². The highest BCUT2D eigenvalue weighted by Gasteiger charge is 2.30. The van der Waals surface area contributed by atoms with Gasteiger partial charge in [0.25, 0.3) is 5.91 Å². The summed E-state index contributed by atoms with van der Waals surface area (Å²) in [5.74, 6) is -0.677. The maximum absolute atomic E-state index is 12.4. The molecule has 1 aliphatic rings. The van der Waals surface area contributed by atoms with E-state index >= 15 is 0 Å². The lowest BCUT2D eigenvalue weighted by atomic mass is 9.86. The van der Waals surface area contributed by atoms with Crippen molar-refractivity contribution in [2.75, 3.05) is 20.2 Å². The molecule has 0 bridgehead atoms. The smallest absolute Gasteiger partial charge is 0.469 e. The van der Waals surface area contributed by atoms with Crippen LogP contribution in [-0.4, -0.2) is 63.7 Å². The maximum Gasteiger partial charge on any atom is 0.508 e. The Balaban J connectivity index is 2.05. The lowest BCUT2D eigenvalue weighted by Gasteiger charge is -2.30. The van der Waals surface area contributed by atoms with Crippen LogP contribution in [0.2, 0.25) is 0 Å². The first-order valence-corrected chi connectivity index (χ1v) is 10.7. The molecule has 2 heterocycles. The number of likely N-dealkylation sites (tertiary alicyclic amines) is 1. The summed E-state index contributed by atoms with van der Waals surface area (Å²) in [4.78, 5) is 25.5. The number of halogens is 1. The van der Waals surface area contributed by atoms with E-state index in [2.05, 4.69) is 5.10 Å². The second kappa shape index (κ2) is 7.71. The molecule has 8 nitrogen and oxygen atoms in total. The van der Waals surface area contributed by atoms with Gasteiger partial charge < -0.3 is 19.7 Å². The van der Waals surface area contributed by atoms with Crippen molar-refractivity contribution in [1.29, 1.82) is 0 Å². The Kier molecular flexibility index (Phi) is 6.19. The molecule has 1 unspecified atom stereocenters. The zero-order valence-corrected chi connectivity index (χ0v) is 15.1. The van der Waals surface area contributed by atoms with Gasteiger partial charge in [-0.1, -0.05) is 0 Å². The summed E-state index contributed by atoms with van der Waals surface area (Å²) < 4.78 is 6.12. The van der Waals surface area contributed by atoms with Gasteiger partial charge in [-0.3, -0.25) is 9.59 Å². The number of hydrogen-bond acceptors (Lipinski definition) is 6. The van der Waals surface area contributed by atoms with Gasteiger partial charge in [-0.2, -0.15) is 5.10 Å². The van der Waals surface area contributed by atoms with E-state index < -0.39 is 7.12 Å². The molecule has 1 amide bonds. The van der Waals surface area contributed by atoms with Crippen molar-refractivity contribution >= 4 is 53.0 Å². The molecule has 1 aliphatic heterocycles. The Bertz CT molecular complexity index is 562. The highest BCUT2D eigenvalue weighted by molar-refractivity contribution is 14.2. The molecule has 2 N–H and O–H groups in total. The first-order chi connectivity index (χ1) is 10.5. The first kappa shape index (κ1) is 17.6. The summed E-state index contributed by atoms with van der Waals surface area (Å²) in [6, 6.07) is 1.39. The van der Waals surface area contributed by atoms with E-state index in [9.17, 15) is 19.6 Å². The number of ether oxygens (including phenoxy) is 1. The third kappa shape index (κ3) is 3.79. The van der Waals surface area contributed by atoms with E-state index in [0.29, 0.717) is 25.9 Å². The van der Waals surface area contributed by atoms with Gasteiger partial charge >= 0.3 is 13.1 Å². The van der Waals surface area contributed by atoms with Crippen molar-refractivity contribution in [1.82, 2.24) is 14.5 Å². The van der Waals surface area contributed by atoms with Gasteiger partial charge in [0.15, 0.2) is 0 Å². The summed E-state index contributed by atoms with van der Waals surface area (Å²) >= 11 is 2.05. The number of nitrogens with zero attached hydrogens (tertiary/aromatic N) is 3. The molecule has 0 radical (unpaired) electrons.